The second-order valence-electron chi connectivity index (χ2n) is 3.59. The lowest BCUT2D eigenvalue weighted by molar-refractivity contribution is 0.0754. The molecule has 0 amide bonds. The SMILES string of the molecule is COc1cc(C=CC(C)OC(=O)O)cc(OC)c1. The quantitative estimate of drug-likeness (QED) is 0.816. The molecule has 0 radical (unpaired) electrons. The Morgan fingerprint density at radius 3 is 2.22 bits per heavy atom. The molecule has 0 aliphatic heterocycles. The van der Waals surface area contributed by atoms with Crippen LogP contribution in [0.4, 0.5) is 4.79 Å². The number of carboxylic acid groups (broad SMARTS) is 1. The van der Waals surface area contributed by atoms with E-state index in [0.29, 0.717) is 11.5 Å². The topological polar surface area (TPSA) is 65.0 Å². The van der Waals surface area contributed by atoms with Gasteiger partial charge in [0, 0.05) is 6.07 Å². The summed E-state index contributed by atoms with van der Waals surface area (Å²) in [5, 5.41) is 8.45. The third-order valence-corrected chi connectivity index (χ3v) is 2.22. The minimum atomic E-state index is -1.30. The van der Waals surface area contributed by atoms with Crippen molar-refractivity contribution < 1.29 is 24.1 Å². The second kappa shape index (κ2) is 6.54. The van der Waals surface area contributed by atoms with Crippen LogP contribution in [-0.4, -0.2) is 31.6 Å². The maximum atomic E-state index is 10.3. The highest BCUT2D eigenvalue weighted by molar-refractivity contribution is 5.59. The van der Waals surface area contributed by atoms with Crippen LogP contribution < -0.4 is 9.47 Å². The first-order valence-corrected chi connectivity index (χ1v) is 5.36. The lowest BCUT2D eigenvalue weighted by Gasteiger charge is -2.07. The molecule has 1 unspecified atom stereocenters. The molecule has 1 rings (SSSR count). The Bertz CT molecular complexity index is 417. The summed E-state index contributed by atoms with van der Waals surface area (Å²) < 4.78 is 14.8. The molecule has 0 bridgehead atoms. The van der Waals surface area contributed by atoms with Crippen molar-refractivity contribution in [2.24, 2.45) is 0 Å². The van der Waals surface area contributed by atoms with Crippen molar-refractivity contribution in [1.29, 1.82) is 0 Å². The second-order valence-corrected chi connectivity index (χ2v) is 3.59. The maximum Gasteiger partial charge on any atom is 0.506 e. The Hall–Kier alpha value is -2.17. The molecule has 0 aliphatic rings. The van der Waals surface area contributed by atoms with Gasteiger partial charge in [0.25, 0.3) is 0 Å². The van der Waals surface area contributed by atoms with E-state index in [2.05, 4.69) is 4.74 Å². The number of rotatable bonds is 5. The van der Waals surface area contributed by atoms with Crippen LogP contribution in [0.15, 0.2) is 24.3 Å². The fourth-order valence-electron chi connectivity index (χ4n) is 1.37. The average molecular weight is 252 g/mol. The van der Waals surface area contributed by atoms with E-state index in [1.165, 1.54) is 0 Å². The monoisotopic (exact) mass is 252 g/mol. The smallest absolute Gasteiger partial charge is 0.497 e. The Morgan fingerprint density at radius 1 is 1.22 bits per heavy atom. The lowest BCUT2D eigenvalue weighted by Crippen LogP contribution is -2.09. The van der Waals surface area contributed by atoms with Crippen LogP contribution in [0.3, 0.4) is 0 Å². The molecule has 0 fully saturated rings. The molecule has 1 aromatic carbocycles. The molecule has 1 aromatic rings. The maximum absolute atomic E-state index is 10.3. The van der Waals surface area contributed by atoms with Gasteiger partial charge in [0.05, 0.1) is 14.2 Å². The van der Waals surface area contributed by atoms with Gasteiger partial charge in [-0.05, 0) is 30.7 Å². The predicted octanol–water partition coefficient (Wildman–Crippen LogP) is 2.80. The Balaban J connectivity index is 2.82. The first-order chi connectivity index (χ1) is 8.55. The van der Waals surface area contributed by atoms with Crippen LogP contribution in [0.25, 0.3) is 6.08 Å². The zero-order valence-corrected chi connectivity index (χ0v) is 10.5. The third-order valence-electron chi connectivity index (χ3n) is 2.22. The summed E-state index contributed by atoms with van der Waals surface area (Å²) in [7, 11) is 3.14. The van der Waals surface area contributed by atoms with Crippen molar-refractivity contribution in [3.05, 3.63) is 29.8 Å². The summed E-state index contributed by atoms with van der Waals surface area (Å²) in [6, 6.07) is 5.38. The van der Waals surface area contributed by atoms with Crippen LogP contribution in [0, 0.1) is 0 Å². The Labute approximate surface area is 106 Å². The number of hydrogen-bond acceptors (Lipinski definition) is 4. The molecule has 0 saturated carbocycles. The van der Waals surface area contributed by atoms with Gasteiger partial charge in [-0.1, -0.05) is 6.08 Å². The molecule has 5 heteroatoms. The van der Waals surface area contributed by atoms with Crippen molar-refractivity contribution in [3.8, 4) is 11.5 Å². The highest BCUT2D eigenvalue weighted by atomic mass is 16.7. The summed E-state index contributed by atoms with van der Waals surface area (Å²) in [6.07, 6.45) is 1.58. The molecule has 1 atom stereocenters. The minimum Gasteiger partial charge on any atom is -0.497 e. The average Bonchev–Trinajstić information content (AvgIpc) is 2.35. The van der Waals surface area contributed by atoms with Crippen molar-refractivity contribution in [1.82, 2.24) is 0 Å². The zero-order valence-electron chi connectivity index (χ0n) is 10.5. The van der Waals surface area contributed by atoms with Gasteiger partial charge in [0.2, 0.25) is 0 Å². The molecule has 0 saturated heterocycles. The van der Waals surface area contributed by atoms with E-state index >= 15 is 0 Å². The predicted molar refractivity (Wildman–Crippen MR) is 67.2 cm³/mol. The van der Waals surface area contributed by atoms with Gasteiger partial charge in [-0.2, -0.15) is 0 Å². The lowest BCUT2D eigenvalue weighted by atomic mass is 10.1. The van der Waals surface area contributed by atoms with Crippen molar-refractivity contribution in [2.45, 2.75) is 13.0 Å². The number of benzene rings is 1. The summed E-state index contributed by atoms with van der Waals surface area (Å²) >= 11 is 0. The molecule has 0 aliphatic carbocycles. The summed E-state index contributed by atoms with van der Waals surface area (Å²) in [6.45, 7) is 1.64. The normalized spacial score (nSPS) is 12.2. The van der Waals surface area contributed by atoms with E-state index in [4.69, 9.17) is 14.6 Å². The number of methoxy groups -OCH3 is 2. The highest BCUT2D eigenvalue weighted by Gasteiger charge is 2.03. The fourth-order valence-corrected chi connectivity index (χ4v) is 1.37. The van der Waals surface area contributed by atoms with E-state index < -0.39 is 12.3 Å². The number of ether oxygens (including phenoxy) is 3. The van der Waals surface area contributed by atoms with E-state index in [1.807, 2.05) is 12.1 Å². The van der Waals surface area contributed by atoms with Gasteiger partial charge < -0.3 is 19.3 Å². The molecule has 5 nitrogen and oxygen atoms in total. The first-order valence-electron chi connectivity index (χ1n) is 5.36. The van der Waals surface area contributed by atoms with E-state index in [-0.39, 0.29) is 0 Å². The minimum absolute atomic E-state index is 0.514. The first kappa shape index (κ1) is 13.9. The third kappa shape index (κ3) is 4.37. The molecular formula is C13H16O5. The van der Waals surface area contributed by atoms with Crippen LogP contribution in [0.5, 0.6) is 11.5 Å². The molecule has 1 N–H and O–H groups in total. The van der Waals surface area contributed by atoms with Gasteiger partial charge in [0.1, 0.15) is 17.6 Å². The fraction of sp³-hybridized carbons (Fsp3) is 0.308. The summed E-state index contributed by atoms with van der Waals surface area (Å²) in [5.74, 6) is 1.33. The van der Waals surface area contributed by atoms with Gasteiger partial charge >= 0.3 is 6.16 Å². The Kier molecular flexibility index (Phi) is 5.05. The van der Waals surface area contributed by atoms with Crippen molar-refractivity contribution in [2.75, 3.05) is 14.2 Å². The molecule has 0 heterocycles. The van der Waals surface area contributed by atoms with Gasteiger partial charge in [-0.15, -0.1) is 0 Å². The standard InChI is InChI=1S/C13H16O5/c1-9(18-13(14)15)4-5-10-6-11(16-2)8-12(7-10)17-3/h4-9H,1-3H3,(H,14,15). The molecule has 98 valence electrons. The largest absolute Gasteiger partial charge is 0.506 e. The number of carbonyl (C=O) groups is 1. The summed E-state index contributed by atoms with van der Waals surface area (Å²) in [4.78, 5) is 10.3. The van der Waals surface area contributed by atoms with E-state index in [1.54, 1.807) is 39.4 Å². The van der Waals surface area contributed by atoms with Gasteiger partial charge in [0.15, 0.2) is 0 Å². The van der Waals surface area contributed by atoms with Crippen LogP contribution in [0.1, 0.15) is 12.5 Å². The van der Waals surface area contributed by atoms with Crippen LogP contribution in [0.2, 0.25) is 0 Å². The highest BCUT2D eigenvalue weighted by Crippen LogP contribution is 2.23. The van der Waals surface area contributed by atoms with Crippen LogP contribution >= 0.6 is 0 Å². The molecule has 0 spiro atoms. The van der Waals surface area contributed by atoms with Gasteiger partial charge in [-0.25, -0.2) is 4.79 Å². The summed E-state index contributed by atoms with van der Waals surface area (Å²) in [5.41, 5.74) is 0.840. The van der Waals surface area contributed by atoms with Crippen LogP contribution in [-0.2, 0) is 4.74 Å². The number of hydrogen-bond donors (Lipinski definition) is 1. The van der Waals surface area contributed by atoms with E-state index in [9.17, 15) is 4.79 Å². The molecule has 0 aromatic heterocycles. The van der Waals surface area contributed by atoms with Crippen molar-refractivity contribution in [3.63, 3.8) is 0 Å². The van der Waals surface area contributed by atoms with Gasteiger partial charge in [-0.3, -0.25) is 0 Å². The Morgan fingerprint density at radius 2 is 1.78 bits per heavy atom. The molecule has 18 heavy (non-hydrogen) atoms. The van der Waals surface area contributed by atoms with Crippen molar-refractivity contribution >= 4 is 12.2 Å². The molecular weight excluding hydrogens is 236 g/mol. The zero-order chi connectivity index (χ0) is 13.5. The van der Waals surface area contributed by atoms with E-state index in [0.717, 1.165) is 5.56 Å².